The molecule has 0 aromatic carbocycles. The Morgan fingerprint density at radius 3 is 2.74 bits per heavy atom. The van der Waals surface area contributed by atoms with E-state index in [9.17, 15) is 9.59 Å². The van der Waals surface area contributed by atoms with Crippen LogP contribution in [0.4, 0.5) is 0 Å². The minimum absolute atomic E-state index is 0.0712. The van der Waals surface area contributed by atoms with E-state index in [0.717, 1.165) is 25.8 Å². The lowest BCUT2D eigenvalue weighted by Crippen LogP contribution is -2.48. The maximum Gasteiger partial charge on any atom is 0.291 e. The van der Waals surface area contributed by atoms with E-state index in [-0.39, 0.29) is 23.8 Å². The molecule has 0 spiro atoms. The van der Waals surface area contributed by atoms with E-state index in [1.165, 1.54) is 0 Å². The molecule has 2 atom stereocenters. The van der Waals surface area contributed by atoms with Crippen LogP contribution in [0, 0.1) is 12.8 Å². The van der Waals surface area contributed by atoms with Crippen molar-refractivity contribution in [3.8, 4) is 0 Å². The van der Waals surface area contributed by atoms with Gasteiger partial charge in [-0.05, 0) is 26.2 Å². The highest BCUT2D eigenvalue weighted by atomic mass is 16.4. The SMILES string of the molecule is CCCN1C(=O)[C@@H]2CC[C@H]1CN(C(=O)c1oc(CC)nc1C)C2. The summed E-state index contributed by atoms with van der Waals surface area (Å²) < 4.78 is 5.61. The predicted molar refractivity (Wildman–Crippen MR) is 85.0 cm³/mol. The molecular weight excluding hydrogens is 294 g/mol. The molecule has 0 saturated carbocycles. The van der Waals surface area contributed by atoms with Gasteiger partial charge in [0.1, 0.15) is 0 Å². The first-order valence-corrected chi connectivity index (χ1v) is 8.61. The molecule has 3 aliphatic heterocycles. The van der Waals surface area contributed by atoms with Gasteiger partial charge in [0.05, 0.1) is 11.6 Å². The number of aromatic nitrogens is 1. The Hall–Kier alpha value is -1.85. The number of piperidine rings is 1. The molecule has 0 aliphatic carbocycles. The van der Waals surface area contributed by atoms with Crippen LogP contribution in [0.3, 0.4) is 0 Å². The van der Waals surface area contributed by atoms with Gasteiger partial charge in [-0.2, -0.15) is 0 Å². The third-order valence-electron chi connectivity index (χ3n) is 4.88. The zero-order valence-electron chi connectivity index (χ0n) is 14.2. The fraction of sp³-hybridized carbons (Fsp3) is 0.706. The van der Waals surface area contributed by atoms with Gasteiger partial charge in [-0.25, -0.2) is 4.98 Å². The lowest BCUT2D eigenvalue weighted by molar-refractivity contribution is -0.139. The highest BCUT2D eigenvalue weighted by Crippen LogP contribution is 2.30. The molecule has 0 N–H and O–H groups in total. The second-order valence-corrected chi connectivity index (χ2v) is 6.55. The molecule has 2 bridgehead atoms. The average Bonchev–Trinajstić information content (AvgIpc) is 2.72. The van der Waals surface area contributed by atoms with Crippen molar-refractivity contribution in [3.63, 3.8) is 0 Å². The Morgan fingerprint density at radius 1 is 1.30 bits per heavy atom. The van der Waals surface area contributed by atoms with Gasteiger partial charge in [-0.1, -0.05) is 13.8 Å². The number of carbonyl (C=O) groups is 2. The number of fused-ring (bicyclic) bond motifs is 4. The average molecular weight is 319 g/mol. The molecule has 6 nitrogen and oxygen atoms in total. The topological polar surface area (TPSA) is 66.7 Å². The Kier molecular flexibility index (Phi) is 4.41. The first kappa shape index (κ1) is 16.0. The molecule has 4 rings (SSSR count). The first-order valence-electron chi connectivity index (χ1n) is 8.61. The van der Waals surface area contributed by atoms with Crippen LogP contribution >= 0.6 is 0 Å². The highest BCUT2D eigenvalue weighted by Gasteiger charge is 2.42. The first-order chi connectivity index (χ1) is 11.0. The largest absolute Gasteiger partial charge is 0.435 e. The monoisotopic (exact) mass is 319 g/mol. The van der Waals surface area contributed by atoms with Crippen LogP contribution in [0.15, 0.2) is 4.42 Å². The third kappa shape index (κ3) is 2.86. The summed E-state index contributed by atoms with van der Waals surface area (Å²) in [5, 5.41) is 0. The van der Waals surface area contributed by atoms with Crippen LogP contribution < -0.4 is 0 Å². The molecule has 3 fully saturated rings. The van der Waals surface area contributed by atoms with Gasteiger partial charge in [0.25, 0.3) is 5.91 Å². The van der Waals surface area contributed by atoms with Crippen molar-refractivity contribution in [1.82, 2.24) is 14.8 Å². The minimum atomic E-state index is -0.127. The van der Waals surface area contributed by atoms with Crippen LogP contribution in [0.25, 0.3) is 0 Å². The second kappa shape index (κ2) is 6.34. The van der Waals surface area contributed by atoms with E-state index in [1.54, 1.807) is 11.8 Å². The maximum atomic E-state index is 12.9. The third-order valence-corrected chi connectivity index (χ3v) is 4.88. The van der Waals surface area contributed by atoms with Crippen molar-refractivity contribution < 1.29 is 14.0 Å². The minimum Gasteiger partial charge on any atom is -0.435 e. The van der Waals surface area contributed by atoms with Gasteiger partial charge in [0.15, 0.2) is 5.89 Å². The number of amides is 2. The lowest BCUT2D eigenvalue weighted by atomic mass is 9.94. The van der Waals surface area contributed by atoms with Gasteiger partial charge in [0, 0.05) is 32.1 Å². The molecule has 126 valence electrons. The number of carbonyl (C=O) groups excluding carboxylic acids is 2. The number of rotatable bonds is 4. The van der Waals surface area contributed by atoms with E-state index >= 15 is 0 Å². The van der Waals surface area contributed by atoms with Crippen LogP contribution in [-0.4, -0.2) is 52.3 Å². The standard InChI is InChI=1S/C17H25N3O3/c1-4-8-20-13-7-6-12(16(20)21)9-19(10-13)17(22)15-11(3)18-14(5-2)23-15/h12-13H,4-10H2,1-3H3/t12-,13+/m1/s1. The van der Waals surface area contributed by atoms with Crippen molar-refractivity contribution >= 4 is 11.8 Å². The summed E-state index contributed by atoms with van der Waals surface area (Å²) in [5.74, 6) is 0.933. The molecule has 6 heteroatoms. The molecular formula is C17H25N3O3. The van der Waals surface area contributed by atoms with Crippen LogP contribution in [0.5, 0.6) is 0 Å². The fourth-order valence-electron chi connectivity index (χ4n) is 3.69. The molecule has 3 aliphatic rings. The molecule has 2 amide bonds. The Bertz CT molecular complexity index is 610. The highest BCUT2D eigenvalue weighted by molar-refractivity contribution is 5.93. The van der Waals surface area contributed by atoms with Crippen LogP contribution in [-0.2, 0) is 11.2 Å². The predicted octanol–water partition coefficient (Wildman–Crippen LogP) is 2.02. The van der Waals surface area contributed by atoms with E-state index in [1.807, 2.05) is 11.8 Å². The number of hydrogen-bond acceptors (Lipinski definition) is 4. The summed E-state index contributed by atoms with van der Waals surface area (Å²) in [5.41, 5.74) is 0.639. The quantitative estimate of drug-likeness (QED) is 0.851. The Labute approximate surface area is 136 Å². The summed E-state index contributed by atoms with van der Waals surface area (Å²) >= 11 is 0. The normalized spacial score (nSPS) is 24.2. The van der Waals surface area contributed by atoms with Crippen molar-refractivity contribution in [2.24, 2.45) is 5.92 Å². The maximum absolute atomic E-state index is 12.9. The van der Waals surface area contributed by atoms with Crippen molar-refractivity contribution in [2.75, 3.05) is 19.6 Å². The fourth-order valence-corrected chi connectivity index (χ4v) is 3.69. The van der Waals surface area contributed by atoms with Gasteiger partial charge < -0.3 is 14.2 Å². The lowest BCUT2D eigenvalue weighted by Gasteiger charge is -2.35. The molecule has 0 unspecified atom stereocenters. The number of nitrogens with zero attached hydrogens (tertiary/aromatic N) is 3. The van der Waals surface area contributed by atoms with Gasteiger partial charge >= 0.3 is 0 Å². The molecule has 23 heavy (non-hydrogen) atoms. The summed E-state index contributed by atoms with van der Waals surface area (Å²) in [6, 6.07) is 0.138. The summed E-state index contributed by atoms with van der Waals surface area (Å²) in [4.78, 5) is 33.5. The second-order valence-electron chi connectivity index (χ2n) is 6.55. The van der Waals surface area contributed by atoms with E-state index in [4.69, 9.17) is 4.42 Å². The summed E-state index contributed by atoms with van der Waals surface area (Å²) in [6.45, 7) is 7.71. The number of hydrogen-bond donors (Lipinski definition) is 0. The molecule has 1 aromatic rings. The molecule has 0 radical (unpaired) electrons. The molecule has 1 aromatic heterocycles. The van der Waals surface area contributed by atoms with Crippen molar-refractivity contribution in [3.05, 3.63) is 17.3 Å². The Balaban J connectivity index is 1.82. The zero-order chi connectivity index (χ0) is 16.6. The zero-order valence-corrected chi connectivity index (χ0v) is 14.2. The van der Waals surface area contributed by atoms with Gasteiger partial charge in [-0.3, -0.25) is 9.59 Å². The van der Waals surface area contributed by atoms with E-state index in [0.29, 0.717) is 36.9 Å². The molecule has 3 saturated heterocycles. The van der Waals surface area contributed by atoms with Crippen molar-refractivity contribution in [2.45, 2.75) is 52.5 Å². The summed E-state index contributed by atoms with van der Waals surface area (Å²) in [7, 11) is 0. The van der Waals surface area contributed by atoms with Crippen LogP contribution in [0.2, 0.25) is 0 Å². The van der Waals surface area contributed by atoms with E-state index in [2.05, 4.69) is 11.9 Å². The number of aryl methyl sites for hydroxylation is 2. The Morgan fingerprint density at radius 2 is 2.09 bits per heavy atom. The van der Waals surface area contributed by atoms with E-state index < -0.39 is 0 Å². The number of oxazole rings is 1. The van der Waals surface area contributed by atoms with Crippen LogP contribution in [0.1, 0.15) is 55.2 Å². The molecule has 4 heterocycles. The van der Waals surface area contributed by atoms with Crippen molar-refractivity contribution in [1.29, 1.82) is 0 Å². The van der Waals surface area contributed by atoms with Gasteiger partial charge in [0.2, 0.25) is 11.7 Å². The van der Waals surface area contributed by atoms with Gasteiger partial charge in [-0.15, -0.1) is 0 Å². The summed E-state index contributed by atoms with van der Waals surface area (Å²) in [6.07, 6.45) is 3.48. The smallest absolute Gasteiger partial charge is 0.291 e.